The van der Waals surface area contributed by atoms with Crippen LogP contribution in [0.3, 0.4) is 0 Å². The fourth-order valence-corrected chi connectivity index (χ4v) is 1.78. The van der Waals surface area contributed by atoms with Crippen LogP contribution in [0.5, 0.6) is 0 Å². The van der Waals surface area contributed by atoms with Crippen LogP contribution in [0.15, 0.2) is 18.2 Å². The summed E-state index contributed by atoms with van der Waals surface area (Å²) >= 11 is 5.52. The van der Waals surface area contributed by atoms with Crippen LogP contribution >= 0.6 is 11.6 Å². The van der Waals surface area contributed by atoms with Crippen molar-refractivity contribution in [3.63, 3.8) is 0 Å². The highest BCUT2D eigenvalue weighted by Crippen LogP contribution is 2.36. The Morgan fingerprint density at radius 1 is 1.25 bits per heavy atom. The molecule has 2 N–H and O–H groups in total. The molecule has 112 valence electrons. The number of carbonyl (C=O) groups is 1. The average Bonchev–Trinajstić information content (AvgIpc) is 2.29. The molecule has 0 aliphatic rings. The molecule has 1 unspecified atom stereocenters. The smallest absolute Gasteiger partial charge is 0.374 e. The van der Waals surface area contributed by atoms with Gasteiger partial charge in [0, 0.05) is 11.7 Å². The summed E-state index contributed by atoms with van der Waals surface area (Å²) in [5, 5.41) is 5.01. The van der Waals surface area contributed by atoms with Gasteiger partial charge in [-0.05, 0) is 39.0 Å². The lowest BCUT2D eigenvalue weighted by molar-refractivity contribution is -0.137. The molecule has 1 aromatic rings. The predicted octanol–water partition coefficient (Wildman–Crippen LogP) is 3.68. The van der Waals surface area contributed by atoms with E-state index in [0.717, 1.165) is 12.1 Å². The molecule has 1 rings (SSSR count). The molecule has 0 radical (unpaired) electrons. The van der Waals surface area contributed by atoms with E-state index < -0.39 is 17.8 Å². The van der Waals surface area contributed by atoms with Gasteiger partial charge in [-0.2, -0.15) is 13.2 Å². The number of halogens is 4. The third-order valence-corrected chi connectivity index (χ3v) is 2.81. The van der Waals surface area contributed by atoms with Gasteiger partial charge in [0.15, 0.2) is 0 Å². The van der Waals surface area contributed by atoms with Gasteiger partial charge < -0.3 is 10.6 Å². The zero-order valence-electron chi connectivity index (χ0n) is 11.3. The van der Waals surface area contributed by atoms with E-state index in [4.69, 9.17) is 11.6 Å². The zero-order chi connectivity index (χ0) is 15.5. The van der Waals surface area contributed by atoms with Crippen molar-refractivity contribution in [2.24, 2.45) is 0 Å². The molecule has 1 amide bonds. The van der Waals surface area contributed by atoms with E-state index >= 15 is 0 Å². The standard InChI is InChI=1S/C13H16ClF3N2O/c1-7(2)18-12(20)8(3)19-9-4-5-11(14)10(6-9)13(15,16)17/h4-8,19H,1-3H3,(H,18,20). The van der Waals surface area contributed by atoms with Gasteiger partial charge in [-0.1, -0.05) is 11.6 Å². The maximum atomic E-state index is 12.7. The number of carbonyl (C=O) groups excluding carboxylic acids is 1. The molecule has 0 aliphatic heterocycles. The van der Waals surface area contributed by atoms with E-state index in [9.17, 15) is 18.0 Å². The first-order valence-electron chi connectivity index (χ1n) is 6.05. The molecule has 0 saturated carbocycles. The van der Waals surface area contributed by atoms with Crippen molar-refractivity contribution in [1.82, 2.24) is 5.32 Å². The second-order valence-electron chi connectivity index (χ2n) is 4.72. The SMILES string of the molecule is CC(C)NC(=O)C(C)Nc1ccc(Cl)c(C(F)(F)F)c1. The number of anilines is 1. The molecule has 3 nitrogen and oxygen atoms in total. The molecule has 0 bridgehead atoms. The minimum absolute atomic E-state index is 0.0392. The quantitative estimate of drug-likeness (QED) is 0.891. The number of rotatable bonds is 4. The first kappa shape index (κ1) is 16.6. The highest BCUT2D eigenvalue weighted by atomic mass is 35.5. The number of benzene rings is 1. The maximum Gasteiger partial charge on any atom is 0.417 e. The second kappa shape index (κ2) is 6.35. The van der Waals surface area contributed by atoms with E-state index in [2.05, 4.69) is 10.6 Å². The Morgan fingerprint density at radius 3 is 2.35 bits per heavy atom. The van der Waals surface area contributed by atoms with E-state index in [-0.39, 0.29) is 22.7 Å². The number of amides is 1. The normalized spacial score (nSPS) is 13.2. The van der Waals surface area contributed by atoms with Crippen LogP contribution in [-0.4, -0.2) is 18.0 Å². The van der Waals surface area contributed by atoms with E-state index in [1.54, 1.807) is 20.8 Å². The molecule has 0 saturated heterocycles. The fourth-order valence-electron chi connectivity index (χ4n) is 1.56. The topological polar surface area (TPSA) is 41.1 Å². The third-order valence-electron chi connectivity index (χ3n) is 2.48. The summed E-state index contributed by atoms with van der Waals surface area (Å²) in [7, 11) is 0. The number of hydrogen-bond donors (Lipinski definition) is 2. The molecule has 20 heavy (non-hydrogen) atoms. The van der Waals surface area contributed by atoms with Gasteiger partial charge in [0.05, 0.1) is 10.6 Å². The summed E-state index contributed by atoms with van der Waals surface area (Å²) in [5.41, 5.74) is -0.742. The van der Waals surface area contributed by atoms with Crippen molar-refractivity contribution in [2.75, 3.05) is 5.32 Å². The summed E-state index contributed by atoms with van der Waals surface area (Å²) in [4.78, 5) is 11.7. The Labute approximate surface area is 120 Å². The van der Waals surface area contributed by atoms with Gasteiger partial charge >= 0.3 is 6.18 Å². The van der Waals surface area contributed by atoms with Gasteiger partial charge in [0.1, 0.15) is 6.04 Å². The third kappa shape index (κ3) is 4.59. The molecular formula is C13H16ClF3N2O. The first-order chi connectivity index (χ1) is 9.11. The van der Waals surface area contributed by atoms with Crippen LogP contribution in [0.2, 0.25) is 5.02 Å². The lowest BCUT2D eigenvalue weighted by atomic mass is 10.1. The largest absolute Gasteiger partial charge is 0.417 e. The zero-order valence-corrected chi connectivity index (χ0v) is 12.1. The molecule has 7 heteroatoms. The van der Waals surface area contributed by atoms with Crippen molar-refractivity contribution in [2.45, 2.75) is 39.0 Å². The summed E-state index contributed by atoms with van der Waals surface area (Å²) in [6.45, 7) is 5.17. The molecule has 1 aromatic carbocycles. The average molecular weight is 309 g/mol. The lowest BCUT2D eigenvalue weighted by Crippen LogP contribution is -2.41. The van der Waals surface area contributed by atoms with Gasteiger partial charge in [0.2, 0.25) is 5.91 Å². The van der Waals surface area contributed by atoms with E-state index in [0.29, 0.717) is 0 Å². The van der Waals surface area contributed by atoms with Crippen molar-refractivity contribution in [1.29, 1.82) is 0 Å². The fraction of sp³-hybridized carbons (Fsp3) is 0.462. The second-order valence-corrected chi connectivity index (χ2v) is 5.13. The van der Waals surface area contributed by atoms with Crippen molar-refractivity contribution < 1.29 is 18.0 Å². The summed E-state index contributed by atoms with van der Waals surface area (Å²) in [6.07, 6.45) is -4.53. The minimum Gasteiger partial charge on any atom is -0.374 e. The van der Waals surface area contributed by atoms with Crippen LogP contribution < -0.4 is 10.6 Å². The first-order valence-corrected chi connectivity index (χ1v) is 6.42. The molecule has 0 fully saturated rings. The van der Waals surface area contributed by atoms with Crippen LogP contribution in [0.1, 0.15) is 26.3 Å². The van der Waals surface area contributed by atoms with Crippen LogP contribution in [-0.2, 0) is 11.0 Å². The number of hydrogen-bond acceptors (Lipinski definition) is 2. The number of alkyl halides is 3. The van der Waals surface area contributed by atoms with Crippen molar-refractivity contribution >= 4 is 23.2 Å². The van der Waals surface area contributed by atoms with Gasteiger partial charge in [0.25, 0.3) is 0 Å². The highest BCUT2D eigenvalue weighted by molar-refractivity contribution is 6.31. The minimum atomic E-state index is -4.53. The Balaban J connectivity index is 2.86. The lowest BCUT2D eigenvalue weighted by Gasteiger charge is -2.18. The van der Waals surface area contributed by atoms with E-state index in [1.807, 2.05) is 0 Å². The Kier molecular flexibility index (Phi) is 5.28. The van der Waals surface area contributed by atoms with Crippen LogP contribution in [0.25, 0.3) is 0 Å². The molecule has 0 spiro atoms. The summed E-state index contributed by atoms with van der Waals surface area (Å²) in [5.74, 6) is -0.288. The van der Waals surface area contributed by atoms with Gasteiger partial charge in [-0.3, -0.25) is 4.79 Å². The van der Waals surface area contributed by atoms with Gasteiger partial charge in [-0.15, -0.1) is 0 Å². The molecule has 1 atom stereocenters. The highest BCUT2D eigenvalue weighted by Gasteiger charge is 2.33. The predicted molar refractivity (Wildman–Crippen MR) is 72.8 cm³/mol. The number of nitrogens with one attached hydrogen (secondary N) is 2. The molecular weight excluding hydrogens is 293 g/mol. The molecule has 0 heterocycles. The summed E-state index contributed by atoms with van der Waals surface area (Å²) in [6, 6.07) is 2.75. The maximum absolute atomic E-state index is 12.7. The monoisotopic (exact) mass is 308 g/mol. The Bertz CT molecular complexity index is 489. The van der Waals surface area contributed by atoms with Gasteiger partial charge in [-0.25, -0.2) is 0 Å². The van der Waals surface area contributed by atoms with Crippen LogP contribution in [0.4, 0.5) is 18.9 Å². The Morgan fingerprint density at radius 2 is 1.85 bits per heavy atom. The van der Waals surface area contributed by atoms with Crippen molar-refractivity contribution in [3.8, 4) is 0 Å². The molecule has 0 aromatic heterocycles. The molecule has 0 aliphatic carbocycles. The van der Waals surface area contributed by atoms with Crippen molar-refractivity contribution in [3.05, 3.63) is 28.8 Å². The summed E-state index contributed by atoms with van der Waals surface area (Å²) < 4.78 is 38.1. The Hall–Kier alpha value is -1.43. The van der Waals surface area contributed by atoms with Crippen LogP contribution in [0, 0.1) is 0 Å². The van der Waals surface area contributed by atoms with E-state index in [1.165, 1.54) is 6.07 Å².